The van der Waals surface area contributed by atoms with Crippen LogP contribution in [-0.2, 0) is 13.1 Å². The van der Waals surface area contributed by atoms with Gasteiger partial charge in [-0.25, -0.2) is 4.68 Å². The van der Waals surface area contributed by atoms with E-state index in [-0.39, 0.29) is 5.54 Å². The lowest BCUT2D eigenvalue weighted by molar-refractivity contribution is 0.414. The Morgan fingerprint density at radius 1 is 1.33 bits per heavy atom. The fourth-order valence-corrected chi connectivity index (χ4v) is 2.20. The van der Waals surface area contributed by atoms with E-state index in [1.54, 1.807) is 7.11 Å². The first kappa shape index (κ1) is 16.0. The third kappa shape index (κ3) is 4.82. The van der Waals surface area contributed by atoms with Crippen molar-refractivity contribution in [2.45, 2.75) is 39.4 Å². The van der Waals surface area contributed by atoms with Crippen molar-refractivity contribution >= 4 is 15.9 Å². The topological polar surface area (TPSA) is 52.0 Å². The summed E-state index contributed by atoms with van der Waals surface area (Å²) >= 11 is 3.55. The van der Waals surface area contributed by atoms with Gasteiger partial charge in [0.25, 0.3) is 0 Å². The van der Waals surface area contributed by atoms with E-state index in [1.807, 2.05) is 29.1 Å². The molecule has 1 aromatic heterocycles. The van der Waals surface area contributed by atoms with E-state index >= 15 is 0 Å². The van der Waals surface area contributed by atoms with Crippen molar-refractivity contribution in [2.24, 2.45) is 0 Å². The molecule has 0 aliphatic rings. The summed E-state index contributed by atoms with van der Waals surface area (Å²) in [6, 6.07) is 5.90. The van der Waals surface area contributed by atoms with Gasteiger partial charge in [-0.3, -0.25) is 0 Å². The maximum Gasteiger partial charge on any atom is 0.119 e. The van der Waals surface area contributed by atoms with Crippen LogP contribution in [0.2, 0.25) is 0 Å². The number of benzene rings is 1. The highest BCUT2D eigenvalue weighted by Gasteiger charge is 2.10. The maximum absolute atomic E-state index is 5.25. The molecule has 0 saturated carbocycles. The molecule has 1 aromatic carbocycles. The van der Waals surface area contributed by atoms with E-state index < -0.39 is 0 Å². The summed E-state index contributed by atoms with van der Waals surface area (Å²) in [6.07, 6.45) is 1.96. The van der Waals surface area contributed by atoms with Crippen LogP contribution in [0, 0.1) is 0 Å². The number of ether oxygens (including phenoxy) is 1. The molecule has 1 N–H and O–H groups in total. The van der Waals surface area contributed by atoms with E-state index in [9.17, 15) is 0 Å². The smallest absolute Gasteiger partial charge is 0.119 e. The number of nitrogens with one attached hydrogen (secondary N) is 1. The summed E-state index contributed by atoms with van der Waals surface area (Å²) in [5.41, 5.74) is 2.11. The Labute approximate surface area is 133 Å². The third-order valence-corrected chi connectivity index (χ3v) is 3.74. The fraction of sp³-hybridized carbons (Fsp3) is 0.467. The average molecular weight is 353 g/mol. The minimum atomic E-state index is 0.0691. The summed E-state index contributed by atoms with van der Waals surface area (Å²) in [7, 11) is 1.67. The van der Waals surface area contributed by atoms with Crippen LogP contribution in [-0.4, -0.2) is 27.6 Å². The standard InChI is InChI=1S/C15H21BrN4O/c1-15(2,3)17-8-12-10-20(19-18-12)9-11-7-13(21-4)5-6-14(11)16/h5-7,10,17H,8-9H2,1-4H3. The van der Waals surface area contributed by atoms with Crippen LogP contribution in [0.25, 0.3) is 0 Å². The Kier molecular flexibility index (Phi) is 5.00. The number of halogens is 1. The van der Waals surface area contributed by atoms with Crippen LogP contribution in [0.4, 0.5) is 0 Å². The van der Waals surface area contributed by atoms with Gasteiger partial charge >= 0.3 is 0 Å². The van der Waals surface area contributed by atoms with Gasteiger partial charge in [0.2, 0.25) is 0 Å². The predicted octanol–water partition coefficient (Wildman–Crippen LogP) is 2.99. The Bertz CT molecular complexity index is 604. The molecular formula is C15H21BrN4O. The SMILES string of the molecule is COc1ccc(Br)c(Cn2cc(CNC(C)(C)C)nn2)c1. The molecule has 5 nitrogen and oxygen atoms in total. The second-order valence-electron chi connectivity index (χ2n) is 5.97. The second kappa shape index (κ2) is 6.58. The molecule has 0 saturated heterocycles. The molecule has 0 fully saturated rings. The van der Waals surface area contributed by atoms with Crippen molar-refractivity contribution in [2.75, 3.05) is 7.11 Å². The zero-order valence-electron chi connectivity index (χ0n) is 12.9. The molecule has 21 heavy (non-hydrogen) atoms. The lowest BCUT2D eigenvalue weighted by Gasteiger charge is -2.19. The largest absolute Gasteiger partial charge is 0.497 e. The quantitative estimate of drug-likeness (QED) is 0.898. The average Bonchev–Trinajstić information content (AvgIpc) is 2.86. The first-order chi connectivity index (χ1) is 9.87. The van der Waals surface area contributed by atoms with Gasteiger partial charge in [0, 0.05) is 16.6 Å². The van der Waals surface area contributed by atoms with Crippen molar-refractivity contribution in [3.05, 3.63) is 40.1 Å². The predicted molar refractivity (Wildman–Crippen MR) is 86.4 cm³/mol. The molecule has 0 amide bonds. The van der Waals surface area contributed by atoms with E-state index in [2.05, 4.69) is 52.3 Å². The van der Waals surface area contributed by atoms with E-state index in [0.29, 0.717) is 13.1 Å². The highest BCUT2D eigenvalue weighted by Crippen LogP contribution is 2.23. The van der Waals surface area contributed by atoms with Crippen LogP contribution in [0.15, 0.2) is 28.9 Å². The molecule has 2 rings (SSSR count). The van der Waals surface area contributed by atoms with Gasteiger partial charge in [-0.2, -0.15) is 0 Å². The molecule has 1 heterocycles. The molecule has 2 aromatic rings. The van der Waals surface area contributed by atoms with Gasteiger partial charge in [0.15, 0.2) is 0 Å². The first-order valence-electron chi connectivity index (χ1n) is 6.84. The van der Waals surface area contributed by atoms with Gasteiger partial charge in [-0.1, -0.05) is 21.1 Å². The molecule has 0 aliphatic carbocycles. The highest BCUT2D eigenvalue weighted by atomic mass is 79.9. The minimum absolute atomic E-state index is 0.0691. The lowest BCUT2D eigenvalue weighted by atomic mass is 10.1. The zero-order valence-corrected chi connectivity index (χ0v) is 14.4. The van der Waals surface area contributed by atoms with Crippen molar-refractivity contribution in [1.29, 1.82) is 0 Å². The molecule has 0 radical (unpaired) electrons. The molecule has 6 heteroatoms. The van der Waals surface area contributed by atoms with Crippen molar-refractivity contribution < 1.29 is 4.74 Å². The van der Waals surface area contributed by atoms with Crippen LogP contribution in [0.3, 0.4) is 0 Å². The highest BCUT2D eigenvalue weighted by molar-refractivity contribution is 9.10. The molecule has 114 valence electrons. The Morgan fingerprint density at radius 2 is 2.10 bits per heavy atom. The first-order valence-corrected chi connectivity index (χ1v) is 7.63. The summed E-state index contributed by atoms with van der Waals surface area (Å²) < 4.78 is 8.12. The fourth-order valence-electron chi connectivity index (χ4n) is 1.83. The molecule has 0 aliphatic heterocycles. The molecular weight excluding hydrogens is 332 g/mol. The molecule has 0 atom stereocenters. The number of hydrogen-bond acceptors (Lipinski definition) is 4. The van der Waals surface area contributed by atoms with Gasteiger partial charge in [0.1, 0.15) is 5.75 Å². The van der Waals surface area contributed by atoms with Crippen LogP contribution < -0.4 is 10.1 Å². The Morgan fingerprint density at radius 3 is 2.76 bits per heavy atom. The van der Waals surface area contributed by atoms with Gasteiger partial charge < -0.3 is 10.1 Å². The van der Waals surface area contributed by atoms with Gasteiger partial charge in [-0.05, 0) is 44.5 Å². The summed E-state index contributed by atoms with van der Waals surface area (Å²) in [4.78, 5) is 0. The van der Waals surface area contributed by atoms with E-state index in [0.717, 1.165) is 21.5 Å². The van der Waals surface area contributed by atoms with Crippen LogP contribution in [0.1, 0.15) is 32.0 Å². The van der Waals surface area contributed by atoms with Crippen molar-refractivity contribution in [3.8, 4) is 5.75 Å². The summed E-state index contributed by atoms with van der Waals surface area (Å²) in [5.74, 6) is 0.836. The summed E-state index contributed by atoms with van der Waals surface area (Å²) in [6.45, 7) is 7.75. The monoisotopic (exact) mass is 352 g/mol. The summed E-state index contributed by atoms with van der Waals surface area (Å²) in [5, 5.41) is 11.8. The number of methoxy groups -OCH3 is 1. The van der Waals surface area contributed by atoms with Gasteiger partial charge in [-0.15, -0.1) is 5.10 Å². The molecule has 0 bridgehead atoms. The van der Waals surface area contributed by atoms with Gasteiger partial charge in [0.05, 0.1) is 25.5 Å². The maximum atomic E-state index is 5.25. The number of aromatic nitrogens is 3. The van der Waals surface area contributed by atoms with Crippen LogP contribution in [0.5, 0.6) is 5.75 Å². The Balaban J connectivity index is 2.05. The number of hydrogen-bond donors (Lipinski definition) is 1. The Hall–Kier alpha value is -1.40. The number of nitrogens with zero attached hydrogens (tertiary/aromatic N) is 3. The van der Waals surface area contributed by atoms with Crippen molar-refractivity contribution in [1.82, 2.24) is 20.3 Å². The zero-order chi connectivity index (χ0) is 15.5. The normalized spacial score (nSPS) is 11.7. The van der Waals surface area contributed by atoms with E-state index in [4.69, 9.17) is 4.74 Å². The number of rotatable bonds is 5. The third-order valence-electron chi connectivity index (χ3n) is 2.97. The lowest BCUT2D eigenvalue weighted by Crippen LogP contribution is -2.35. The van der Waals surface area contributed by atoms with Crippen LogP contribution >= 0.6 is 15.9 Å². The molecule has 0 spiro atoms. The molecule has 0 unspecified atom stereocenters. The van der Waals surface area contributed by atoms with Crippen molar-refractivity contribution in [3.63, 3.8) is 0 Å². The second-order valence-corrected chi connectivity index (χ2v) is 6.82. The minimum Gasteiger partial charge on any atom is -0.497 e. The van der Waals surface area contributed by atoms with E-state index in [1.165, 1.54) is 0 Å².